The van der Waals surface area contributed by atoms with Crippen LogP contribution in [-0.4, -0.2) is 38.5 Å². The minimum absolute atomic E-state index is 0.373. The standard InChI is InChI=1S/C13H25NO2/c1-3-10-16-13(5-1)11-15-9-4-2-8-14-12-6-7-12/h12-14H,1-11H2. The molecule has 16 heavy (non-hydrogen) atoms. The number of ether oxygens (including phenoxy) is 2. The first kappa shape index (κ1) is 12.3. The molecule has 1 heterocycles. The molecule has 1 N–H and O–H groups in total. The monoisotopic (exact) mass is 227 g/mol. The zero-order valence-corrected chi connectivity index (χ0v) is 10.2. The molecule has 0 aromatic heterocycles. The predicted octanol–water partition coefficient (Wildman–Crippen LogP) is 2.10. The SMILES string of the molecule is C(CCOCC1CCCCO1)CNC1CC1. The highest BCUT2D eigenvalue weighted by Gasteiger charge is 2.19. The Labute approximate surface area is 98.9 Å². The Morgan fingerprint density at radius 3 is 2.81 bits per heavy atom. The van der Waals surface area contributed by atoms with Crippen molar-refractivity contribution in [3.63, 3.8) is 0 Å². The second-order valence-electron chi connectivity index (χ2n) is 5.00. The summed E-state index contributed by atoms with van der Waals surface area (Å²) in [7, 11) is 0. The number of rotatable bonds is 8. The van der Waals surface area contributed by atoms with Crippen LogP contribution in [0.25, 0.3) is 0 Å². The van der Waals surface area contributed by atoms with E-state index in [0.717, 1.165) is 32.4 Å². The zero-order chi connectivity index (χ0) is 11.1. The van der Waals surface area contributed by atoms with E-state index < -0.39 is 0 Å². The van der Waals surface area contributed by atoms with Gasteiger partial charge in [-0.15, -0.1) is 0 Å². The third-order valence-electron chi connectivity index (χ3n) is 3.30. The van der Waals surface area contributed by atoms with Crippen LogP contribution >= 0.6 is 0 Å². The molecule has 2 fully saturated rings. The molecular weight excluding hydrogens is 202 g/mol. The van der Waals surface area contributed by atoms with E-state index in [0.29, 0.717) is 6.10 Å². The molecule has 1 unspecified atom stereocenters. The molecular formula is C13H25NO2. The zero-order valence-electron chi connectivity index (χ0n) is 10.2. The normalized spacial score (nSPS) is 25.9. The van der Waals surface area contributed by atoms with E-state index in [1.165, 1.54) is 44.9 Å². The lowest BCUT2D eigenvalue weighted by atomic mass is 10.1. The largest absolute Gasteiger partial charge is 0.379 e. The van der Waals surface area contributed by atoms with Gasteiger partial charge in [0, 0.05) is 19.3 Å². The highest BCUT2D eigenvalue weighted by molar-refractivity contribution is 4.80. The number of nitrogens with one attached hydrogen (secondary N) is 1. The van der Waals surface area contributed by atoms with Gasteiger partial charge in [-0.2, -0.15) is 0 Å². The molecule has 1 saturated heterocycles. The van der Waals surface area contributed by atoms with Crippen molar-refractivity contribution < 1.29 is 9.47 Å². The molecule has 2 aliphatic rings. The highest BCUT2D eigenvalue weighted by atomic mass is 16.5. The smallest absolute Gasteiger partial charge is 0.0808 e. The van der Waals surface area contributed by atoms with Gasteiger partial charge < -0.3 is 14.8 Å². The van der Waals surface area contributed by atoms with Crippen molar-refractivity contribution in [3.05, 3.63) is 0 Å². The van der Waals surface area contributed by atoms with Crippen LogP contribution in [0.2, 0.25) is 0 Å². The number of unbranched alkanes of at least 4 members (excludes halogenated alkanes) is 1. The number of hydrogen-bond donors (Lipinski definition) is 1. The highest BCUT2D eigenvalue weighted by Crippen LogP contribution is 2.18. The molecule has 3 nitrogen and oxygen atoms in total. The summed E-state index contributed by atoms with van der Waals surface area (Å²) in [4.78, 5) is 0. The van der Waals surface area contributed by atoms with Crippen molar-refractivity contribution in [2.75, 3.05) is 26.4 Å². The van der Waals surface area contributed by atoms with Gasteiger partial charge in [0.1, 0.15) is 0 Å². The van der Waals surface area contributed by atoms with Crippen LogP contribution in [0.5, 0.6) is 0 Å². The minimum atomic E-state index is 0.373. The summed E-state index contributed by atoms with van der Waals surface area (Å²) in [5.41, 5.74) is 0. The van der Waals surface area contributed by atoms with Gasteiger partial charge in [-0.25, -0.2) is 0 Å². The van der Waals surface area contributed by atoms with E-state index in [9.17, 15) is 0 Å². The van der Waals surface area contributed by atoms with Gasteiger partial charge in [0.2, 0.25) is 0 Å². The van der Waals surface area contributed by atoms with Crippen LogP contribution in [0, 0.1) is 0 Å². The second kappa shape index (κ2) is 7.25. The fraction of sp³-hybridized carbons (Fsp3) is 1.00. The maximum atomic E-state index is 5.64. The Bertz CT molecular complexity index is 177. The van der Waals surface area contributed by atoms with Crippen molar-refractivity contribution in [2.24, 2.45) is 0 Å². The molecule has 1 saturated carbocycles. The molecule has 0 amide bonds. The molecule has 1 atom stereocenters. The van der Waals surface area contributed by atoms with Crippen molar-refractivity contribution in [1.82, 2.24) is 5.32 Å². The summed E-state index contributed by atoms with van der Waals surface area (Å²) in [5, 5.41) is 3.52. The summed E-state index contributed by atoms with van der Waals surface area (Å²) in [5.74, 6) is 0. The average Bonchev–Trinajstić information content (AvgIpc) is 3.13. The third kappa shape index (κ3) is 5.28. The predicted molar refractivity (Wildman–Crippen MR) is 64.7 cm³/mol. The first-order valence-corrected chi connectivity index (χ1v) is 6.88. The van der Waals surface area contributed by atoms with Crippen molar-refractivity contribution >= 4 is 0 Å². The maximum absolute atomic E-state index is 5.64. The minimum Gasteiger partial charge on any atom is -0.379 e. The van der Waals surface area contributed by atoms with Crippen molar-refractivity contribution in [1.29, 1.82) is 0 Å². The van der Waals surface area contributed by atoms with E-state index >= 15 is 0 Å². The van der Waals surface area contributed by atoms with Crippen molar-refractivity contribution in [3.8, 4) is 0 Å². The van der Waals surface area contributed by atoms with E-state index in [1.54, 1.807) is 0 Å². The Kier molecular flexibility index (Phi) is 5.59. The topological polar surface area (TPSA) is 30.5 Å². The Hall–Kier alpha value is -0.120. The van der Waals surface area contributed by atoms with E-state index in [-0.39, 0.29) is 0 Å². The average molecular weight is 227 g/mol. The first-order valence-electron chi connectivity index (χ1n) is 6.88. The van der Waals surface area contributed by atoms with Crippen LogP contribution in [0.3, 0.4) is 0 Å². The molecule has 1 aliphatic heterocycles. The summed E-state index contributed by atoms with van der Waals surface area (Å²) in [6, 6.07) is 0.844. The molecule has 1 aliphatic carbocycles. The van der Waals surface area contributed by atoms with Crippen molar-refractivity contribution in [2.45, 2.75) is 57.1 Å². The lowest BCUT2D eigenvalue weighted by Crippen LogP contribution is -2.24. The van der Waals surface area contributed by atoms with Gasteiger partial charge in [-0.1, -0.05) is 0 Å². The fourth-order valence-electron chi connectivity index (χ4n) is 2.08. The maximum Gasteiger partial charge on any atom is 0.0808 e. The molecule has 0 aromatic rings. The molecule has 0 spiro atoms. The summed E-state index contributed by atoms with van der Waals surface area (Å²) < 4.78 is 11.3. The van der Waals surface area contributed by atoms with Crippen LogP contribution in [-0.2, 0) is 9.47 Å². The van der Waals surface area contributed by atoms with E-state index in [1.807, 2.05) is 0 Å². The Morgan fingerprint density at radius 2 is 2.06 bits per heavy atom. The fourth-order valence-corrected chi connectivity index (χ4v) is 2.08. The third-order valence-corrected chi connectivity index (χ3v) is 3.30. The van der Waals surface area contributed by atoms with Crippen LogP contribution in [0.1, 0.15) is 44.9 Å². The van der Waals surface area contributed by atoms with Crippen LogP contribution in [0.15, 0.2) is 0 Å². The van der Waals surface area contributed by atoms with E-state index in [4.69, 9.17) is 9.47 Å². The summed E-state index contributed by atoms with van der Waals surface area (Å²) in [6.07, 6.45) is 9.27. The van der Waals surface area contributed by atoms with E-state index in [2.05, 4.69) is 5.32 Å². The summed E-state index contributed by atoms with van der Waals surface area (Å²) in [6.45, 7) is 3.79. The van der Waals surface area contributed by atoms with Gasteiger partial charge in [-0.3, -0.25) is 0 Å². The molecule has 0 radical (unpaired) electrons. The van der Waals surface area contributed by atoms with Gasteiger partial charge in [0.05, 0.1) is 12.7 Å². The molecule has 3 heteroatoms. The summed E-state index contributed by atoms with van der Waals surface area (Å²) >= 11 is 0. The van der Waals surface area contributed by atoms with Crippen LogP contribution in [0.4, 0.5) is 0 Å². The van der Waals surface area contributed by atoms with Gasteiger partial charge in [0.15, 0.2) is 0 Å². The number of hydrogen-bond acceptors (Lipinski definition) is 3. The molecule has 0 bridgehead atoms. The quantitative estimate of drug-likeness (QED) is 0.644. The van der Waals surface area contributed by atoms with Gasteiger partial charge in [0.25, 0.3) is 0 Å². The molecule has 94 valence electrons. The Morgan fingerprint density at radius 1 is 1.12 bits per heavy atom. The Balaban J connectivity index is 1.33. The molecule has 2 rings (SSSR count). The van der Waals surface area contributed by atoms with Gasteiger partial charge >= 0.3 is 0 Å². The lowest BCUT2D eigenvalue weighted by molar-refractivity contribution is -0.0410. The van der Waals surface area contributed by atoms with Gasteiger partial charge in [-0.05, 0) is 51.5 Å². The second-order valence-corrected chi connectivity index (χ2v) is 5.00. The molecule has 0 aromatic carbocycles. The lowest BCUT2D eigenvalue weighted by Gasteiger charge is -2.22. The first-order chi connectivity index (χ1) is 7.95. The van der Waals surface area contributed by atoms with Crippen LogP contribution < -0.4 is 5.32 Å².